The van der Waals surface area contributed by atoms with E-state index in [1.807, 2.05) is 14.0 Å². The molecule has 0 aromatic carbocycles. The first kappa shape index (κ1) is 14.6. The molecule has 0 spiro atoms. The van der Waals surface area contributed by atoms with E-state index in [0.717, 1.165) is 40.6 Å². The number of piperidine rings is 1. The van der Waals surface area contributed by atoms with E-state index in [0.29, 0.717) is 11.9 Å². The minimum Gasteiger partial charge on any atom is -0.372 e. The SMILES string of the molecule is CNc1nc(NCC2CN3CCC2C3)nc2nc(C)cc(C)c12. The Kier molecular flexibility index (Phi) is 3.56. The molecule has 2 N–H and O–H groups in total. The lowest BCUT2D eigenvalue weighted by molar-refractivity contribution is 0.310. The molecular weight excluding hydrogens is 288 g/mol. The molecule has 0 radical (unpaired) electrons. The lowest BCUT2D eigenvalue weighted by atomic mass is 9.93. The highest BCUT2D eigenvalue weighted by Gasteiger charge is 2.37. The number of aromatic nitrogens is 3. The average molecular weight is 312 g/mol. The van der Waals surface area contributed by atoms with Crippen molar-refractivity contribution in [3.8, 4) is 0 Å². The van der Waals surface area contributed by atoms with Crippen LogP contribution in [0.15, 0.2) is 6.07 Å². The number of rotatable bonds is 4. The van der Waals surface area contributed by atoms with E-state index >= 15 is 0 Å². The van der Waals surface area contributed by atoms with E-state index in [1.54, 1.807) is 0 Å². The van der Waals surface area contributed by atoms with Gasteiger partial charge in [-0.2, -0.15) is 9.97 Å². The summed E-state index contributed by atoms with van der Waals surface area (Å²) in [4.78, 5) is 16.4. The zero-order valence-corrected chi connectivity index (χ0v) is 14.1. The van der Waals surface area contributed by atoms with Crippen LogP contribution in [-0.2, 0) is 0 Å². The summed E-state index contributed by atoms with van der Waals surface area (Å²) in [6.07, 6.45) is 1.34. The second kappa shape index (κ2) is 5.60. The summed E-state index contributed by atoms with van der Waals surface area (Å²) in [6.45, 7) is 8.79. The topological polar surface area (TPSA) is 66.0 Å². The number of fused-ring (bicyclic) bond motifs is 3. The molecule has 0 saturated carbocycles. The summed E-state index contributed by atoms with van der Waals surface area (Å²) >= 11 is 0. The molecule has 23 heavy (non-hydrogen) atoms. The van der Waals surface area contributed by atoms with Crippen LogP contribution in [0.4, 0.5) is 11.8 Å². The molecule has 0 amide bonds. The monoisotopic (exact) mass is 312 g/mol. The summed E-state index contributed by atoms with van der Waals surface area (Å²) in [5, 5.41) is 7.64. The second-order valence-electron chi connectivity index (χ2n) is 6.87. The first-order chi connectivity index (χ1) is 11.1. The van der Waals surface area contributed by atoms with Crippen LogP contribution in [0.25, 0.3) is 11.0 Å². The molecule has 2 aromatic rings. The molecule has 4 heterocycles. The number of nitrogens with zero attached hydrogens (tertiary/aromatic N) is 4. The fraction of sp³-hybridized carbons (Fsp3) is 0.588. The third kappa shape index (κ3) is 2.61. The highest BCUT2D eigenvalue weighted by atomic mass is 15.2. The molecule has 122 valence electrons. The molecule has 3 unspecified atom stereocenters. The van der Waals surface area contributed by atoms with Crippen LogP contribution in [0.5, 0.6) is 0 Å². The predicted octanol–water partition coefficient (Wildman–Crippen LogP) is 2.05. The van der Waals surface area contributed by atoms with Gasteiger partial charge in [0, 0.05) is 32.4 Å². The Balaban J connectivity index is 1.60. The van der Waals surface area contributed by atoms with Gasteiger partial charge in [-0.25, -0.2) is 4.98 Å². The van der Waals surface area contributed by atoms with Gasteiger partial charge in [0.25, 0.3) is 0 Å². The number of hydrogen-bond donors (Lipinski definition) is 2. The highest BCUT2D eigenvalue weighted by molar-refractivity contribution is 5.90. The zero-order valence-electron chi connectivity index (χ0n) is 14.1. The van der Waals surface area contributed by atoms with E-state index in [-0.39, 0.29) is 0 Å². The molecule has 0 aliphatic carbocycles. The quantitative estimate of drug-likeness (QED) is 0.901. The molecule has 2 saturated heterocycles. The lowest BCUT2D eigenvalue weighted by Gasteiger charge is -2.22. The van der Waals surface area contributed by atoms with Crippen molar-refractivity contribution in [1.82, 2.24) is 19.9 Å². The maximum Gasteiger partial charge on any atom is 0.226 e. The Labute approximate surface area is 136 Å². The largest absolute Gasteiger partial charge is 0.372 e. The Morgan fingerprint density at radius 2 is 2.09 bits per heavy atom. The van der Waals surface area contributed by atoms with Gasteiger partial charge in [0.2, 0.25) is 5.95 Å². The third-order valence-corrected chi connectivity index (χ3v) is 5.22. The molecule has 6 nitrogen and oxygen atoms in total. The smallest absolute Gasteiger partial charge is 0.226 e. The number of hydrogen-bond acceptors (Lipinski definition) is 6. The van der Waals surface area contributed by atoms with Gasteiger partial charge in [-0.1, -0.05) is 0 Å². The molecule has 2 aliphatic heterocycles. The molecule has 2 fully saturated rings. The molecule has 2 bridgehead atoms. The van der Waals surface area contributed by atoms with Crippen molar-refractivity contribution in [2.24, 2.45) is 11.8 Å². The predicted molar refractivity (Wildman–Crippen MR) is 92.9 cm³/mol. The van der Waals surface area contributed by atoms with Gasteiger partial charge < -0.3 is 15.5 Å². The number of anilines is 2. The summed E-state index contributed by atoms with van der Waals surface area (Å²) in [7, 11) is 1.90. The minimum absolute atomic E-state index is 0.678. The number of nitrogens with one attached hydrogen (secondary N) is 2. The lowest BCUT2D eigenvalue weighted by Crippen LogP contribution is -2.28. The van der Waals surface area contributed by atoms with Crippen molar-refractivity contribution in [3.63, 3.8) is 0 Å². The van der Waals surface area contributed by atoms with Gasteiger partial charge in [-0.3, -0.25) is 0 Å². The van der Waals surface area contributed by atoms with Crippen molar-refractivity contribution < 1.29 is 0 Å². The van der Waals surface area contributed by atoms with E-state index in [2.05, 4.69) is 43.5 Å². The standard InChI is InChI=1S/C17H24N6/c1-10-6-11(2)20-16-14(10)15(18-3)21-17(22-16)19-7-13-9-23-5-4-12(13)8-23/h6,12-13H,4-5,7-9H2,1-3H3,(H2,18,19,20,21,22). The third-order valence-electron chi connectivity index (χ3n) is 5.22. The van der Waals surface area contributed by atoms with Crippen LogP contribution in [-0.4, -0.2) is 53.1 Å². The van der Waals surface area contributed by atoms with Crippen molar-refractivity contribution in [2.75, 3.05) is 43.9 Å². The number of pyridine rings is 1. The minimum atomic E-state index is 0.678. The first-order valence-corrected chi connectivity index (χ1v) is 8.44. The summed E-state index contributed by atoms with van der Waals surface area (Å²) in [5.74, 6) is 3.08. The molecule has 3 atom stereocenters. The summed E-state index contributed by atoms with van der Waals surface area (Å²) < 4.78 is 0. The summed E-state index contributed by atoms with van der Waals surface area (Å²) in [5.41, 5.74) is 2.91. The molecule has 2 aromatic heterocycles. The van der Waals surface area contributed by atoms with Crippen molar-refractivity contribution >= 4 is 22.8 Å². The Morgan fingerprint density at radius 3 is 2.78 bits per heavy atom. The Hall–Kier alpha value is -1.95. The number of aryl methyl sites for hydroxylation is 2. The fourth-order valence-corrected chi connectivity index (χ4v) is 4.09. The Morgan fingerprint density at radius 1 is 1.22 bits per heavy atom. The van der Waals surface area contributed by atoms with Crippen LogP contribution in [0.1, 0.15) is 17.7 Å². The Bertz CT molecular complexity index is 743. The molecule has 6 heteroatoms. The first-order valence-electron chi connectivity index (χ1n) is 8.44. The van der Waals surface area contributed by atoms with E-state index in [9.17, 15) is 0 Å². The van der Waals surface area contributed by atoms with Gasteiger partial charge in [0.15, 0.2) is 5.65 Å². The van der Waals surface area contributed by atoms with Gasteiger partial charge >= 0.3 is 0 Å². The molecule has 4 rings (SSSR count). The van der Waals surface area contributed by atoms with E-state index in [1.165, 1.54) is 26.1 Å². The van der Waals surface area contributed by atoms with Crippen LogP contribution < -0.4 is 10.6 Å². The van der Waals surface area contributed by atoms with Crippen molar-refractivity contribution in [3.05, 3.63) is 17.3 Å². The normalized spacial score (nSPS) is 26.0. The van der Waals surface area contributed by atoms with Crippen LogP contribution in [0, 0.1) is 25.7 Å². The van der Waals surface area contributed by atoms with Gasteiger partial charge in [0.05, 0.1) is 5.39 Å². The van der Waals surface area contributed by atoms with Gasteiger partial charge in [0.1, 0.15) is 5.82 Å². The van der Waals surface area contributed by atoms with Gasteiger partial charge in [-0.05, 0) is 50.3 Å². The summed E-state index contributed by atoms with van der Waals surface area (Å²) in [6, 6.07) is 2.07. The fourth-order valence-electron chi connectivity index (χ4n) is 4.09. The zero-order chi connectivity index (χ0) is 16.0. The van der Waals surface area contributed by atoms with Crippen LogP contribution in [0.2, 0.25) is 0 Å². The second-order valence-corrected chi connectivity index (χ2v) is 6.87. The molecular formula is C17H24N6. The van der Waals surface area contributed by atoms with Crippen LogP contribution in [0.3, 0.4) is 0 Å². The van der Waals surface area contributed by atoms with Crippen molar-refractivity contribution in [1.29, 1.82) is 0 Å². The van der Waals surface area contributed by atoms with E-state index < -0.39 is 0 Å². The van der Waals surface area contributed by atoms with Crippen molar-refractivity contribution in [2.45, 2.75) is 20.3 Å². The van der Waals surface area contributed by atoms with Crippen LogP contribution >= 0.6 is 0 Å². The van der Waals surface area contributed by atoms with Gasteiger partial charge in [-0.15, -0.1) is 0 Å². The average Bonchev–Trinajstić information content (AvgIpc) is 3.14. The molecule has 2 aliphatic rings. The van der Waals surface area contributed by atoms with E-state index in [4.69, 9.17) is 0 Å². The highest BCUT2D eigenvalue weighted by Crippen LogP contribution is 2.33. The maximum atomic E-state index is 4.65. The maximum absolute atomic E-state index is 4.65.